The molecule has 1 heterocycles. The fraction of sp³-hybridized carbons (Fsp3) is 0.467. The number of ketones is 1. The van der Waals surface area contributed by atoms with Gasteiger partial charge in [0.15, 0.2) is 5.78 Å². The molecule has 1 N–H and O–H groups in total. The van der Waals surface area contributed by atoms with Gasteiger partial charge < -0.3 is 10.2 Å². The number of nitrogens with zero attached hydrogens (tertiary/aromatic N) is 1. The molecule has 1 aromatic carbocycles. The van der Waals surface area contributed by atoms with Crippen molar-refractivity contribution in [3.63, 3.8) is 0 Å². The lowest BCUT2D eigenvalue weighted by Gasteiger charge is -2.34. The molecule has 0 saturated carbocycles. The molecule has 1 aromatic rings. The van der Waals surface area contributed by atoms with Crippen LogP contribution in [-0.2, 0) is 4.79 Å². The Bertz CT molecular complexity index is 487. The number of hydrogen-bond donors (Lipinski definition) is 1. The molecule has 0 radical (unpaired) electrons. The van der Waals surface area contributed by atoms with Crippen LogP contribution in [0.2, 0.25) is 0 Å². The van der Waals surface area contributed by atoms with Gasteiger partial charge in [-0.1, -0.05) is 0 Å². The van der Waals surface area contributed by atoms with Crippen LogP contribution in [0, 0.1) is 5.82 Å². The minimum absolute atomic E-state index is 0.00876. The first-order chi connectivity index (χ1) is 9.58. The van der Waals surface area contributed by atoms with E-state index in [9.17, 15) is 14.0 Å². The van der Waals surface area contributed by atoms with Crippen LogP contribution in [0.5, 0.6) is 0 Å². The van der Waals surface area contributed by atoms with Crippen molar-refractivity contribution < 1.29 is 14.0 Å². The number of nitrogens with one attached hydrogen (secondary N) is 1. The molecule has 1 atom stereocenters. The van der Waals surface area contributed by atoms with Crippen molar-refractivity contribution in [3.8, 4) is 0 Å². The molecule has 0 aromatic heterocycles. The van der Waals surface area contributed by atoms with Crippen molar-refractivity contribution in [1.29, 1.82) is 0 Å². The van der Waals surface area contributed by atoms with E-state index in [4.69, 9.17) is 0 Å². The number of hydrogen-bond acceptors (Lipinski definition) is 3. The summed E-state index contributed by atoms with van der Waals surface area (Å²) in [5, 5.41) is 3.22. The van der Waals surface area contributed by atoms with Gasteiger partial charge in [0.2, 0.25) is 5.91 Å². The lowest BCUT2D eigenvalue weighted by molar-refractivity contribution is -0.133. The monoisotopic (exact) mass is 278 g/mol. The normalized spacial score (nSPS) is 18.9. The van der Waals surface area contributed by atoms with Crippen LogP contribution in [0.4, 0.5) is 4.39 Å². The van der Waals surface area contributed by atoms with E-state index in [1.165, 1.54) is 24.3 Å². The van der Waals surface area contributed by atoms with Gasteiger partial charge in [-0.05, 0) is 31.2 Å². The van der Waals surface area contributed by atoms with E-state index in [1.54, 1.807) is 0 Å². The van der Waals surface area contributed by atoms with Gasteiger partial charge in [-0.2, -0.15) is 0 Å². The highest BCUT2D eigenvalue weighted by molar-refractivity contribution is 5.97. The number of halogens is 1. The highest BCUT2D eigenvalue weighted by Crippen LogP contribution is 2.10. The van der Waals surface area contributed by atoms with E-state index < -0.39 is 0 Å². The molecule has 1 amide bonds. The van der Waals surface area contributed by atoms with Gasteiger partial charge in [0.25, 0.3) is 0 Å². The third kappa shape index (κ3) is 3.63. The average Bonchev–Trinajstić information content (AvgIpc) is 2.45. The van der Waals surface area contributed by atoms with E-state index in [0.29, 0.717) is 12.1 Å². The second kappa shape index (κ2) is 6.61. The van der Waals surface area contributed by atoms with Crippen molar-refractivity contribution in [2.45, 2.75) is 25.8 Å². The smallest absolute Gasteiger partial charge is 0.223 e. The van der Waals surface area contributed by atoms with E-state index >= 15 is 0 Å². The second-order valence-electron chi connectivity index (χ2n) is 5.07. The summed E-state index contributed by atoms with van der Waals surface area (Å²) >= 11 is 0. The van der Waals surface area contributed by atoms with Crippen LogP contribution in [0.25, 0.3) is 0 Å². The zero-order chi connectivity index (χ0) is 14.5. The molecular formula is C15H19FN2O2. The first-order valence-corrected chi connectivity index (χ1v) is 6.87. The van der Waals surface area contributed by atoms with E-state index in [0.717, 1.165) is 13.1 Å². The SMILES string of the molecule is C[C@H]1CNCCN1C(=O)CCC(=O)c1ccc(F)cc1. The summed E-state index contributed by atoms with van der Waals surface area (Å²) in [4.78, 5) is 25.8. The molecule has 5 heteroatoms. The van der Waals surface area contributed by atoms with Crippen LogP contribution in [-0.4, -0.2) is 42.3 Å². The van der Waals surface area contributed by atoms with Gasteiger partial charge in [0.05, 0.1) is 0 Å². The highest BCUT2D eigenvalue weighted by atomic mass is 19.1. The van der Waals surface area contributed by atoms with Gasteiger partial charge in [-0.15, -0.1) is 0 Å². The van der Waals surface area contributed by atoms with Crippen molar-refractivity contribution in [1.82, 2.24) is 10.2 Å². The van der Waals surface area contributed by atoms with Gasteiger partial charge in [-0.3, -0.25) is 9.59 Å². The zero-order valence-electron chi connectivity index (χ0n) is 11.6. The summed E-state index contributed by atoms with van der Waals surface area (Å²) in [5.41, 5.74) is 0.451. The molecule has 108 valence electrons. The number of carbonyl (C=O) groups excluding carboxylic acids is 2. The van der Waals surface area contributed by atoms with Gasteiger partial charge >= 0.3 is 0 Å². The Morgan fingerprint density at radius 3 is 2.65 bits per heavy atom. The molecule has 1 aliphatic rings. The Morgan fingerprint density at radius 2 is 2.00 bits per heavy atom. The molecular weight excluding hydrogens is 259 g/mol. The molecule has 4 nitrogen and oxygen atoms in total. The van der Waals surface area contributed by atoms with Crippen LogP contribution in [0.15, 0.2) is 24.3 Å². The van der Waals surface area contributed by atoms with Crippen LogP contribution >= 0.6 is 0 Å². The first kappa shape index (κ1) is 14.7. The lowest BCUT2D eigenvalue weighted by atomic mass is 10.1. The summed E-state index contributed by atoms with van der Waals surface area (Å²) in [5.74, 6) is -0.483. The predicted molar refractivity (Wildman–Crippen MR) is 74.0 cm³/mol. The predicted octanol–water partition coefficient (Wildman–Crippen LogP) is 1.61. The quantitative estimate of drug-likeness (QED) is 0.851. The molecule has 20 heavy (non-hydrogen) atoms. The number of Topliss-reactive ketones (excluding diaryl/α,β-unsaturated/α-hetero) is 1. The van der Waals surface area contributed by atoms with Crippen molar-refractivity contribution >= 4 is 11.7 Å². The van der Waals surface area contributed by atoms with Gasteiger partial charge in [-0.25, -0.2) is 4.39 Å². The van der Waals surface area contributed by atoms with Crippen LogP contribution < -0.4 is 5.32 Å². The molecule has 0 aliphatic carbocycles. The largest absolute Gasteiger partial charge is 0.337 e. The molecule has 1 aliphatic heterocycles. The summed E-state index contributed by atoms with van der Waals surface area (Å²) in [6.45, 7) is 4.26. The molecule has 0 bridgehead atoms. The third-order valence-corrected chi connectivity index (χ3v) is 3.55. The molecule has 0 unspecified atom stereocenters. The number of amides is 1. The maximum absolute atomic E-state index is 12.8. The number of rotatable bonds is 4. The number of benzene rings is 1. The van der Waals surface area contributed by atoms with E-state index in [1.807, 2.05) is 11.8 Å². The molecule has 1 saturated heterocycles. The fourth-order valence-electron chi connectivity index (χ4n) is 2.36. The standard InChI is InChI=1S/C15H19FN2O2/c1-11-10-17-8-9-18(11)15(20)7-6-14(19)12-2-4-13(16)5-3-12/h2-5,11,17H,6-10H2,1H3/t11-/m0/s1. The van der Waals surface area contributed by atoms with Crippen LogP contribution in [0.1, 0.15) is 30.1 Å². The molecule has 2 rings (SSSR count). The van der Waals surface area contributed by atoms with Crippen molar-refractivity contribution in [3.05, 3.63) is 35.6 Å². The number of carbonyl (C=O) groups is 2. The Hall–Kier alpha value is -1.75. The molecule has 1 fully saturated rings. The summed E-state index contributed by atoms with van der Waals surface area (Å²) in [6, 6.07) is 5.59. The maximum atomic E-state index is 12.8. The topological polar surface area (TPSA) is 49.4 Å². The minimum atomic E-state index is -0.368. The van der Waals surface area contributed by atoms with E-state index in [-0.39, 0.29) is 36.4 Å². The summed E-state index contributed by atoms with van der Waals surface area (Å²) in [6.07, 6.45) is 0.377. The fourth-order valence-corrected chi connectivity index (χ4v) is 2.36. The summed E-state index contributed by atoms with van der Waals surface area (Å²) in [7, 11) is 0. The lowest BCUT2D eigenvalue weighted by Crippen LogP contribution is -2.52. The Labute approximate surface area is 118 Å². The Kier molecular flexibility index (Phi) is 4.84. The van der Waals surface area contributed by atoms with Crippen molar-refractivity contribution in [2.24, 2.45) is 0 Å². The highest BCUT2D eigenvalue weighted by Gasteiger charge is 2.23. The maximum Gasteiger partial charge on any atom is 0.223 e. The Morgan fingerprint density at radius 1 is 1.30 bits per heavy atom. The zero-order valence-corrected chi connectivity index (χ0v) is 11.6. The van der Waals surface area contributed by atoms with E-state index in [2.05, 4.69) is 5.32 Å². The third-order valence-electron chi connectivity index (χ3n) is 3.55. The van der Waals surface area contributed by atoms with Gasteiger partial charge in [0, 0.05) is 44.1 Å². The van der Waals surface area contributed by atoms with Gasteiger partial charge in [0.1, 0.15) is 5.82 Å². The minimum Gasteiger partial charge on any atom is -0.337 e. The van der Waals surface area contributed by atoms with Crippen LogP contribution in [0.3, 0.4) is 0 Å². The Balaban J connectivity index is 1.86. The van der Waals surface area contributed by atoms with Crippen molar-refractivity contribution in [2.75, 3.05) is 19.6 Å². The average molecular weight is 278 g/mol. The molecule has 0 spiro atoms. The first-order valence-electron chi connectivity index (χ1n) is 6.87. The second-order valence-corrected chi connectivity index (χ2v) is 5.07. The number of piperazine rings is 1. The summed E-state index contributed by atoms with van der Waals surface area (Å²) < 4.78 is 12.8.